The zero-order valence-electron chi connectivity index (χ0n) is 9.68. The number of carbonyl (C=O) groups excluding carboxylic acids is 2. The highest BCUT2D eigenvalue weighted by molar-refractivity contribution is 6.01. The van der Waals surface area contributed by atoms with E-state index in [0.29, 0.717) is 43.1 Å². The van der Waals surface area contributed by atoms with Gasteiger partial charge in [-0.15, -0.1) is 0 Å². The molecule has 1 fully saturated rings. The fourth-order valence-corrected chi connectivity index (χ4v) is 2.09. The van der Waals surface area contributed by atoms with Crippen LogP contribution in [0.15, 0.2) is 18.2 Å². The summed E-state index contributed by atoms with van der Waals surface area (Å²) in [6.07, 6.45) is 0.104. The fraction of sp³-hybridized carbons (Fsp3) is 0.385. The summed E-state index contributed by atoms with van der Waals surface area (Å²) in [4.78, 5) is 23.1. The van der Waals surface area contributed by atoms with Gasteiger partial charge in [0, 0.05) is 18.4 Å². The molecule has 1 saturated heterocycles. The lowest BCUT2D eigenvalue weighted by atomic mass is 10.0. The van der Waals surface area contributed by atoms with Crippen molar-refractivity contribution in [2.75, 3.05) is 13.2 Å². The molecule has 2 aliphatic rings. The molecule has 3 rings (SSSR count). The summed E-state index contributed by atoms with van der Waals surface area (Å²) in [6.45, 7) is 0.990. The van der Waals surface area contributed by atoms with Gasteiger partial charge in [0.05, 0.1) is 0 Å². The van der Waals surface area contributed by atoms with Crippen molar-refractivity contribution < 1.29 is 23.8 Å². The van der Waals surface area contributed by atoms with Gasteiger partial charge in [-0.05, 0) is 18.2 Å². The zero-order valence-corrected chi connectivity index (χ0v) is 9.68. The van der Waals surface area contributed by atoms with E-state index < -0.39 is 6.10 Å². The smallest absolute Gasteiger partial charge is 0.306 e. The molecule has 1 aromatic rings. The first kappa shape index (κ1) is 11.1. The van der Waals surface area contributed by atoms with Gasteiger partial charge < -0.3 is 14.2 Å². The molecule has 5 nitrogen and oxygen atoms in total. The third kappa shape index (κ3) is 1.92. The van der Waals surface area contributed by atoms with E-state index in [9.17, 15) is 9.59 Å². The van der Waals surface area contributed by atoms with Crippen molar-refractivity contribution >= 4 is 11.8 Å². The maximum absolute atomic E-state index is 12.1. The fourth-order valence-electron chi connectivity index (χ4n) is 2.09. The Morgan fingerprint density at radius 2 is 1.94 bits per heavy atom. The van der Waals surface area contributed by atoms with Crippen LogP contribution in [0.2, 0.25) is 0 Å². The molecule has 94 valence electrons. The van der Waals surface area contributed by atoms with Crippen LogP contribution >= 0.6 is 0 Å². The predicted molar refractivity (Wildman–Crippen MR) is 60.9 cm³/mol. The van der Waals surface area contributed by atoms with Crippen molar-refractivity contribution in [3.05, 3.63) is 23.8 Å². The van der Waals surface area contributed by atoms with E-state index in [0.717, 1.165) is 0 Å². The number of cyclic esters (lactones) is 1. The quantitative estimate of drug-likeness (QED) is 0.584. The number of carbonyl (C=O) groups is 2. The van der Waals surface area contributed by atoms with Gasteiger partial charge in [0.15, 0.2) is 17.6 Å². The number of hydrogen-bond acceptors (Lipinski definition) is 5. The highest BCUT2D eigenvalue weighted by Gasteiger charge is 2.31. The Hall–Kier alpha value is -2.04. The zero-order chi connectivity index (χ0) is 12.5. The summed E-state index contributed by atoms with van der Waals surface area (Å²) in [5.74, 6) is 0.710. The first-order valence-corrected chi connectivity index (χ1v) is 5.87. The molecule has 5 heteroatoms. The van der Waals surface area contributed by atoms with Crippen molar-refractivity contribution in [1.82, 2.24) is 0 Å². The molecule has 0 aliphatic carbocycles. The Morgan fingerprint density at radius 1 is 1.17 bits per heavy atom. The summed E-state index contributed by atoms with van der Waals surface area (Å²) in [6, 6.07) is 5.02. The molecule has 18 heavy (non-hydrogen) atoms. The van der Waals surface area contributed by atoms with E-state index in [-0.39, 0.29) is 11.8 Å². The molecule has 1 aromatic carbocycles. The minimum Gasteiger partial charge on any atom is -0.486 e. The summed E-state index contributed by atoms with van der Waals surface area (Å²) < 4.78 is 15.8. The maximum atomic E-state index is 12.1. The lowest BCUT2D eigenvalue weighted by Crippen LogP contribution is -2.21. The Morgan fingerprint density at radius 3 is 2.67 bits per heavy atom. The minimum atomic E-state index is -0.653. The van der Waals surface area contributed by atoms with E-state index in [1.807, 2.05) is 0 Å². The monoisotopic (exact) mass is 248 g/mol. The number of Topliss-reactive ketones (excluding diaryl/α,β-unsaturated/α-hetero) is 1. The minimum absolute atomic E-state index is 0.183. The number of fused-ring (bicyclic) bond motifs is 1. The Kier molecular flexibility index (Phi) is 2.66. The van der Waals surface area contributed by atoms with Crippen molar-refractivity contribution in [3.8, 4) is 11.5 Å². The summed E-state index contributed by atoms with van der Waals surface area (Å²) in [5.41, 5.74) is 0.485. The summed E-state index contributed by atoms with van der Waals surface area (Å²) >= 11 is 0. The van der Waals surface area contributed by atoms with Gasteiger partial charge in [-0.3, -0.25) is 9.59 Å². The molecule has 1 atom stereocenters. The summed E-state index contributed by atoms with van der Waals surface area (Å²) in [5, 5.41) is 0. The number of esters is 1. The van der Waals surface area contributed by atoms with Crippen molar-refractivity contribution in [2.45, 2.75) is 18.9 Å². The van der Waals surface area contributed by atoms with Gasteiger partial charge in [0.2, 0.25) is 5.78 Å². The van der Waals surface area contributed by atoms with Crippen LogP contribution in [-0.4, -0.2) is 31.1 Å². The standard InChI is InChI=1S/C13H12O5/c14-12-4-3-10(18-12)13(15)8-1-2-9-11(7-8)17-6-5-16-9/h1-2,7,10H,3-6H2. The van der Waals surface area contributed by atoms with Crippen molar-refractivity contribution in [1.29, 1.82) is 0 Å². The molecule has 2 aliphatic heterocycles. The van der Waals surface area contributed by atoms with Gasteiger partial charge in [0.25, 0.3) is 0 Å². The molecule has 2 heterocycles. The van der Waals surface area contributed by atoms with Crippen LogP contribution in [0.5, 0.6) is 11.5 Å². The SMILES string of the molecule is O=C1CCC(C(=O)c2ccc3c(c2)OCCO3)O1. The summed E-state index contributed by atoms with van der Waals surface area (Å²) in [7, 11) is 0. The Labute approximate surface area is 104 Å². The van der Waals surface area contributed by atoms with E-state index >= 15 is 0 Å². The Bertz CT molecular complexity index is 508. The van der Waals surface area contributed by atoms with Crippen LogP contribution in [0.3, 0.4) is 0 Å². The highest BCUT2D eigenvalue weighted by atomic mass is 16.6. The lowest BCUT2D eigenvalue weighted by Gasteiger charge is -2.19. The molecule has 0 amide bonds. The second kappa shape index (κ2) is 4.33. The van der Waals surface area contributed by atoms with E-state index in [1.165, 1.54) is 0 Å². The van der Waals surface area contributed by atoms with Crippen LogP contribution in [0.1, 0.15) is 23.2 Å². The molecular weight excluding hydrogens is 236 g/mol. The number of benzene rings is 1. The average Bonchev–Trinajstić information content (AvgIpc) is 2.84. The first-order valence-electron chi connectivity index (χ1n) is 5.87. The molecule has 0 aromatic heterocycles. The first-order chi connectivity index (χ1) is 8.74. The van der Waals surface area contributed by atoms with Crippen LogP contribution in [0.4, 0.5) is 0 Å². The third-order valence-electron chi connectivity index (χ3n) is 3.00. The molecule has 0 spiro atoms. The van der Waals surface area contributed by atoms with Crippen LogP contribution in [0, 0.1) is 0 Å². The second-order valence-corrected chi connectivity index (χ2v) is 4.24. The second-order valence-electron chi connectivity index (χ2n) is 4.24. The lowest BCUT2D eigenvalue weighted by molar-refractivity contribution is -0.140. The van der Waals surface area contributed by atoms with Gasteiger partial charge in [-0.25, -0.2) is 0 Å². The number of ketones is 1. The average molecular weight is 248 g/mol. The van der Waals surface area contributed by atoms with Gasteiger partial charge in [-0.1, -0.05) is 0 Å². The predicted octanol–water partition coefficient (Wildman–Crippen LogP) is 1.35. The molecule has 0 radical (unpaired) electrons. The largest absolute Gasteiger partial charge is 0.486 e. The van der Waals surface area contributed by atoms with Gasteiger partial charge in [-0.2, -0.15) is 0 Å². The molecule has 0 N–H and O–H groups in total. The van der Waals surface area contributed by atoms with Crippen LogP contribution in [-0.2, 0) is 9.53 Å². The van der Waals surface area contributed by atoms with Crippen LogP contribution < -0.4 is 9.47 Å². The van der Waals surface area contributed by atoms with E-state index in [2.05, 4.69) is 0 Å². The van der Waals surface area contributed by atoms with Crippen molar-refractivity contribution in [3.63, 3.8) is 0 Å². The topological polar surface area (TPSA) is 61.8 Å². The highest BCUT2D eigenvalue weighted by Crippen LogP contribution is 2.31. The van der Waals surface area contributed by atoms with Crippen LogP contribution in [0.25, 0.3) is 0 Å². The number of rotatable bonds is 2. The molecule has 0 bridgehead atoms. The van der Waals surface area contributed by atoms with E-state index in [4.69, 9.17) is 14.2 Å². The van der Waals surface area contributed by atoms with Gasteiger partial charge >= 0.3 is 5.97 Å². The number of ether oxygens (including phenoxy) is 3. The van der Waals surface area contributed by atoms with E-state index in [1.54, 1.807) is 18.2 Å². The normalized spacial score (nSPS) is 21.6. The Balaban J connectivity index is 1.83. The number of hydrogen-bond donors (Lipinski definition) is 0. The van der Waals surface area contributed by atoms with Gasteiger partial charge in [0.1, 0.15) is 13.2 Å². The molecular formula is C13H12O5. The molecule has 0 saturated carbocycles. The third-order valence-corrected chi connectivity index (χ3v) is 3.00. The molecule has 1 unspecified atom stereocenters. The maximum Gasteiger partial charge on any atom is 0.306 e. The van der Waals surface area contributed by atoms with Crippen molar-refractivity contribution in [2.24, 2.45) is 0 Å².